The Morgan fingerprint density at radius 2 is 2.06 bits per heavy atom. The van der Waals surface area contributed by atoms with E-state index in [1.54, 1.807) is 0 Å². The number of halogens is 1. The van der Waals surface area contributed by atoms with Crippen LogP contribution in [0.2, 0.25) is 0 Å². The van der Waals surface area contributed by atoms with Gasteiger partial charge >= 0.3 is 5.97 Å². The van der Waals surface area contributed by atoms with E-state index >= 15 is 0 Å². The Hall–Kier alpha value is -1.88. The van der Waals surface area contributed by atoms with Crippen molar-refractivity contribution in [2.75, 3.05) is 7.11 Å². The maximum absolute atomic E-state index is 12.7. The molecule has 5 heteroatoms. The van der Waals surface area contributed by atoms with Crippen molar-refractivity contribution in [2.24, 2.45) is 0 Å². The van der Waals surface area contributed by atoms with E-state index in [0.717, 1.165) is 0 Å². The largest absolute Gasteiger partial charge is 0.497 e. The molecule has 0 saturated heterocycles. The molecule has 1 aromatic carbocycles. The quantitative estimate of drug-likeness (QED) is 0.807. The standard InChI is InChI=1S/C12H11FO4/c1-16-9-6-10(14)17-12(9)11(15)7-2-4-8(13)5-3-7/h2-6,11-12,15H,1H3. The second-order valence-corrected chi connectivity index (χ2v) is 3.60. The molecule has 1 aromatic rings. The number of aliphatic hydroxyl groups is 1. The molecule has 0 amide bonds. The third-order valence-electron chi connectivity index (χ3n) is 2.52. The van der Waals surface area contributed by atoms with Gasteiger partial charge in [-0.25, -0.2) is 9.18 Å². The highest BCUT2D eigenvalue weighted by atomic mass is 19.1. The van der Waals surface area contributed by atoms with Gasteiger partial charge in [-0.2, -0.15) is 0 Å². The number of rotatable bonds is 3. The summed E-state index contributed by atoms with van der Waals surface area (Å²) in [6.45, 7) is 0. The van der Waals surface area contributed by atoms with Gasteiger partial charge in [0.15, 0.2) is 6.10 Å². The normalized spacial score (nSPS) is 20.8. The van der Waals surface area contributed by atoms with E-state index in [0.29, 0.717) is 5.56 Å². The molecule has 0 spiro atoms. The summed E-state index contributed by atoms with van der Waals surface area (Å²) in [5.74, 6) is -0.702. The highest BCUT2D eigenvalue weighted by molar-refractivity contribution is 5.85. The predicted molar refractivity (Wildman–Crippen MR) is 56.3 cm³/mol. The minimum absolute atomic E-state index is 0.256. The van der Waals surface area contributed by atoms with E-state index in [2.05, 4.69) is 0 Å². The van der Waals surface area contributed by atoms with Crippen LogP contribution in [0.1, 0.15) is 11.7 Å². The Balaban J connectivity index is 2.20. The molecule has 0 fully saturated rings. The number of hydrogen-bond donors (Lipinski definition) is 1. The lowest BCUT2D eigenvalue weighted by Gasteiger charge is -2.19. The Bertz CT molecular complexity index is 452. The molecular weight excluding hydrogens is 227 g/mol. The summed E-state index contributed by atoms with van der Waals surface area (Å²) in [7, 11) is 1.39. The molecule has 2 rings (SSSR count). The highest BCUT2D eigenvalue weighted by Crippen LogP contribution is 2.28. The summed E-state index contributed by atoms with van der Waals surface area (Å²) in [6, 6.07) is 5.32. The molecule has 1 heterocycles. The number of ether oxygens (including phenoxy) is 2. The van der Waals surface area contributed by atoms with Gasteiger partial charge in [-0.1, -0.05) is 12.1 Å². The van der Waals surface area contributed by atoms with E-state index in [1.807, 2.05) is 0 Å². The molecule has 0 saturated carbocycles. The molecule has 1 N–H and O–H groups in total. The molecule has 2 atom stereocenters. The van der Waals surface area contributed by atoms with Crippen LogP contribution in [0.15, 0.2) is 36.1 Å². The zero-order chi connectivity index (χ0) is 12.4. The molecule has 0 aromatic heterocycles. The molecule has 2 unspecified atom stereocenters. The highest BCUT2D eigenvalue weighted by Gasteiger charge is 2.34. The third-order valence-corrected chi connectivity index (χ3v) is 2.52. The molecule has 0 bridgehead atoms. The van der Waals surface area contributed by atoms with E-state index in [-0.39, 0.29) is 5.76 Å². The Morgan fingerprint density at radius 3 is 2.65 bits per heavy atom. The van der Waals surface area contributed by atoms with Crippen LogP contribution in [0.25, 0.3) is 0 Å². The summed E-state index contributed by atoms with van der Waals surface area (Å²) in [4.78, 5) is 11.1. The first kappa shape index (κ1) is 11.6. The van der Waals surface area contributed by atoms with Gasteiger partial charge < -0.3 is 14.6 Å². The minimum atomic E-state index is -1.08. The van der Waals surface area contributed by atoms with Crippen molar-refractivity contribution in [2.45, 2.75) is 12.2 Å². The minimum Gasteiger partial charge on any atom is -0.497 e. The van der Waals surface area contributed by atoms with E-state index < -0.39 is 24.0 Å². The van der Waals surface area contributed by atoms with Crippen LogP contribution in [-0.2, 0) is 14.3 Å². The number of methoxy groups -OCH3 is 1. The van der Waals surface area contributed by atoms with Gasteiger partial charge in [0.1, 0.15) is 17.7 Å². The Kier molecular flexibility index (Phi) is 3.10. The van der Waals surface area contributed by atoms with Crippen LogP contribution >= 0.6 is 0 Å². The lowest BCUT2D eigenvalue weighted by Crippen LogP contribution is -2.22. The first-order chi connectivity index (χ1) is 8.11. The molecule has 90 valence electrons. The van der Waals surface area contributed by atoms with Gasteiger partial charge in [-0.3, -0.25) is 0 Å². The van der Waals surface area contributed by atoms with E-state index in [1.165, 1.54) is 37.5 Å². The lowest BCUT2D eigenvalue weighted by molar-refractivity contribution is -0.144. The summed E-state index contributed by atoms with van der Waals surface area (Å²) in [6.07, 6.45) is -0.775. The number of hydrogen-bond acceptors (Lipinski definition) is 4. The second-order valence-electron chi connectivity index (χ2n) is 3.60. The molecule has 17 heavy (non-hydrogen) atoms. The average molecular weight is 238 g/mol. The molecule has 1 aliphatic rings. The number of aliphatic hydroxyl groups excluding tert-OH is 1. The topological polar surface area (TPSA) is 55.8 Å². The second kappa shape index (κ2) is 4.55. The number of carbonyl (C=O) groups is 1. The first-order valence-electron chi connectivity index (χ1n) is 5.01. The molecular formula is C12H11FO4. The fourth-order valence-electron chi connectivity index (χ4n) is 1.65. The van der Waals surface area contributed by atoms with Crippen LogP contribution in [0, 0.1) is 5.82 Å². The van der Waals surface area contributed by atoms with Gasteiger partial charge in [-0.15, -0.1) is 0 Å². The molecule has 0 aliphatic carbocycles. The van der Waals surface area contributed by atoms with Crippen molar-refractivity contribution in [1.29, 1.82) is 0 Å². The summed E-state index contributed by atoms with van der Waals surface area (Å²) < 4.78 is 22.6. The summed E-state index contributed by atoms with van der Waals surface area (Å²) >= 11 is 0. The number of esters is 1. The van der Waals surface area contributed by atoms with Crippen LogP contribution < -0.4 is 0 Å². The van der Waals surface area contributed by atoms with E-state index in [9.17, 15) is 14.3 Å². The zero-order valence-corrected chi connectivity index (χ0v) is 9.09. The molecule has 1 aliphatic heterocycles. The van der Waals surface area contributed by atoms with Crippen molar-refractivity contribution in [1.82, 2.24) is 0 Å². The van der Waals surface area contributed by atoms with Crippen molar-refractivity contribution in [3.8, 4) is 0 Å². The predicted octanol–water partition coefficient (Wildman–Crippen LogP) is 1.31. The Morgan fingerprint density at radius 1 is 1.41 bits per heavy atom. The molecule has 4 nitrogen and oxygen atoms in total. The zero-order valence-electron chi connectivity index (χ0n) is 9.09. The Labute approximate surface area is 97.3 Å². The fraction of sp³-hybridized carbons (Fsp3) is 0.250. The average Bonchev–Trinajstić information content (AvgIpc) is 2.70. The first-order valence-corrected chi connectivity index (χ1v) is 5.01. The van der Waals surface area contributed by atoms with Gasteiger partial charge in [0.05, 0.1) is 13.2 Å². The van der Waals surface area contributed by atoms with E-state index in [4.69, 9.17) is 9.47 Å². The lowest BCUT2D eigenvalue weighted by atomic mass is 10.0. The van der Waals surface area contributed by atoms with Crippen LogP contribution in [0.3, 0.4) is 0 Å². The maximum Gasteiger partial charge on any atom is 0.335 e. The van der Waals surface area contributed by atoms with Crippen molar-refractivity contribution < 1.29 is 23.8 Å². The number of carbonyl (C=O) groups excluding carboxylic acids is 1. The van der Waals surface area contributed by atoms with Crippen LogP contribution in [-0.4, -0.2) is 24.3 Å². The molecule has 0 radical (unpaired) electrons. The third kappa shape index (κ3) is 2.29. The van der Waals surface area contributed by atoms with Crippen LogP contribution in [0.4, 0.5) is 4.39 Å². The monoisotopic (exact) mass is 238 g/mol. The summed E-state index contributed by atoms with van der Waals surface area (Å²) in [5, 5.41) is 10.0. The fourth-order valence-corrected chi connectivity index (χ4v) is 1.65. The van der Waals surface area contributed by atoms with Gasteiger partial charge in [0, 0.05) is 0 Å². The van der Waals surface area contributed by atoms with Crippen molar-refractivity contribution in [3.05, 3.63) is 47.5 Å². The van der Waals surface area contributed by atoms with Crippen molar-refractivity contribution in [3.63, 3.8) is 0 Å². The number of benzene rings is 1. The van der Waals surface area contributed by atoms with Crippen LogP contribution in [0.5, 0.6) is 0 Å². The summed E-state index contributed by atoms with van der Waals surface area (Å²) in [5.41, 5.74) is 0.453. The van der Waals surface area contributed by atoms with Crippen molar-refractivity contribution >= 4 is 5.97 Å². The maximum atomic E-state index is 12.7. The van der Waals surface area contributed by atoms with Gasteiger partial charge in [0.25, 0.3) is 0 Å². The number of cyclic esters (lactones) is 1. The van der Waals surface area contributed by atoms with Gasteiger partial charge in [0.2, 0.25) is 0 Å². The van der Waals surface area contributed by atoms with Gasteiger partial charge in [-0.05, 0) is 17.7 Å². The SMILES string of the molecule is COC1=CC(=O)OC1C(O)c1ccc(F)cc1. The smallest absolute Gasteiger partial charge is 0.335 e.